The molecule has 4 heterocycles. The number of aromatic nitrogens is 5. The van der Waals surface area contributed by atoms with Gasteiger partial charge in [-0.05, 0) is 31.0 Å². The van der Waals surface area contributed by atoms with Crippen LogP contribution in [0.5, 0.6) is 0 Å². The maximum Gasteiger partial charge on any atom is 0.267 e. The maximum absolute atomic E-state index is 12.3. The predicted molar refractivity (Wildman–Crippen MR) is 90.7 cm³/mol. The Labute approximate surface area is 143 Å². The van der Waals surface area contributed by atoms with Gasteiger partial charge in [-0.2, -0.15) is 5.10 Å². The number of nitrogens with zero attached hydrogens (tertiary/aromatic N) is 5. The summed E-state index contributed by atoms with van der Waals surface area (Å²) in [4.78, 5) is 12.3. The Morgan fingerprint density at radius 2 is 2.04 bits per heavy atom. The van der Waals surface area contributed by atoms with Crippen molar-refractivity contribution in [2.75, 3.05) is 18.5 Å². The molecule has 8 heteroatoms. The molecule has 0 radical (unpaired) electrons. The van der Waals surface area contributed by atoms with Crippen LogP contribution in [0.2, 0.25) is 0 Å². The van der Waals surface area contributed by atoms with Crippen LogP contribution in [0.4, 0.5) is 5.95 Å². The van der Waals surface area contributed by atoms with E-state index in [4.69, 9.17) is 4.74 Å². The van der Waals surface area contributed by atoms with Crippen molar-refractivity contribution in [1.29, 1.82) is 0 Å². The van der Waals surface area contributed by atoms with Crippen LogP contribution in [0.1, 0.15) is 30.5 Å². The monoisotopic (exact) mass is 338 g/mol. The second kappa shape index (κ2) is 5.66. The van der Waals surface area contributed by atoms with Crippen LogP contribution >= 0.6 is 0 Å². The number of ether oxygens (including phenoxy) is 1. The molecule has 0 aromatic carbocycles. The van der Waals surface area contributed by atoms with Gasteiger partial charge < -0.3 is 10.1 Å². The minimum atomic E-state index is -0.165. The first-order valence-electron chi connectivity index (χ1n) is 8.53. The van der Waals surface area contributed by atoms with E-state index in [1.54, 1.807) is 10.7 Å². The molecule has 3 aromatic rings. The van der Waals surface area contributed by atoms with Crippen molar-refractivity contribution < 1.29 is 4.74 Å². The Morgan fingerprint density at radius 1 is 1.12 bits per heavy atom. The topological polar surface area (TPSA) is 86.3 Å². The van der Waals surface area contributed by atoms with Gasteiger partial charge in [-0.15, -0.1) is 10.2 Å². The van der Waals surface area contributed by atoms with Crippen molar-refractivity contribution in [2.45, 2.75) is 30.8 Å². The average molecular weight is 338 g/mol. The van der Waals surface area contributed by atoms with Gasteiger partial charge >= 0.3 is 0 Å². The van der Waals surface area contributed by atoms with Crippen molar-refractivity contribution in [2.24, 2.45) is 0 Å². The molecule has 0 bridgehead atoms. The summed E-state index contributed by atoms with van der Waals surface area (Å²) < 4.78 is 9.09. The number of pyridine rings is 1. The Kier molecular flexibility index (Phi) is 3.30. The second-order valence-corrected chi connectivity index (χ2v) is 6.62. The molecule has 2 atom stereocenters. The molecule has 2 aliphatic rings. The molecular weight excluding hydrogens is 320 g/mol. The predicted octanol–water partition coefficient (Wildman–Crippen LogP) is 1.22. The van der Waals surface area contributed by atoms with Crippen molar-refractivity contribution >= 4 is 11.6 Å². The minimum absolute atomic E-state index is 0.0905. The highest BCUT2D eigenvalue weighted by Gasteiger charge is 2.33. The van der Waals surface area contributed by atoms with Crippen LogP contribution in [0, 0.1) is 0 Å². The van der Waals surface area contributed by atoms with Crippen LogP contribution in [0.15, 0.2) is 41.3 Å². The summed E-state index contributed by atoms with van der Waals surface area (Å²) in [6.45, 7) is 0.948. The third-order valence-electron chi connectivity index (χ3n) is 4.83. The van der Waals surface area contributed by atoms with Gasteiger partial charge in [0.2, 0.25) is 5.95 Å². The summed E-state index contributed by atoms with van der Waals surface area (Å²) in [5.74, 6) is 1.14. The van der Waals surface area contributed by atoms with E-state index >= 15 is 0 Å². The summed E-state index contributed by atoms with van der Waals surface area (Å²) in [6.07, 6.45) is 4.21. The van der Waals surface area contributed by atoms with Crippen LogP contribution in [0.3, 0.4) is 0 Å². The zero-order valence-electron chi connectivity index (χ0n) is 13.6. The summed E-state index contributed by atoms with van der Waals surface area (Å²) in [5, 5.41) is 16.3. The summed E-state index contributed by atoms with van der Waals surface area (Å²) in [5.41, 5.74) is 1.67. The lowest BCUT2D eigenvalue weighted by Crippen LogP contribution is -2.37. The fourth-order valence-electron chi connectivity index (χ4n) is 3.30. The third-order valence-corrected chi connectivity index (χ3v) is 4.83. The molecular formula is C17H18N6O2. The van der Waals surface area contributed by atoms with E-state index in [1.165, 1.54) is 0 Å². The SMILES string of the molecule is O=c1ccc(C2CC2)nn1C1COCC1Nc1nnc2ccccn12. The molecule has 1 aliphatic heterocycles. The normalized spacial score (nSPS) is 23.2. The summed E-state index contributed by atoms with van der Waals surface area (Å²) >= 11 is 0. The van der Waals surface area contributed by atoms with Gasteiger partial charge in [0.25, 0.3) is 5.56 Å². The molecule has 5 rings (SSSR count). The first-order chi connectivity index (χ1) is 12.3. The Balaban J connectivity index is 1.46. The van der Waals surface area contributed by atoms with Gasteiger partial charge in [-0.3, -0.25) is 9.20 Å². The molecule has 1 N–H and O–H groups in total. The smallest absolute Gasteiger partial charge is 0.267 e. The molecule has 0 amide bonds. The quantitative estimate of drug-likeness (QED) is 0.770. The van der Waals surface area contributed by atoms with Gasteiger partial charge in [-0.1, -0.05) is 6.07 Å². The van der Waals surface area contributed by atoms with E-state index in [0.717, 1.165) is 24.2 Å². The average Bonchev–Trinajstić information content (AvgIpc) is 3.26. The number of hydrogen-bond acceptors (Lipinski definition) is 6. The van der Waals surface area contributed by atoms with E-state index in [9.17, 15) is 4.79 Å². The van der Waals surface area contributed by atoms with Gasteiger partial charge in [0.05, 0.1) is 24.9 Å². The highest BCUT2D eigenvalue weighted by molar-refractivity contribution is 5.45. The highest BCUT2D eigenvalue weighted by atomic mass is 16.5. The van der Waals surface area contributed by atoms with E-state index < -0.39 is 0 Å². The standard InChI is InChI=1S/C17H18N6O2/c24-16-7-6-12(11-4-5-11)21-23(16)14-10-25-9-13(14)18-17-20-19-15-3-1-2-8-22(15)17/h1-3,6-8,11,13-14H,4-5,9-10H2,(H,18,20). The number of anilines is 1. The molecule has 25 heavy (non-hydrogen) atoms. The summed E-state index contributed by atoms with van der Waals surface area (Å²) in [7, 11) is 0. The molecule has 1 aliphatic carbocycles. The fraction of sp³-hybridized carbons (Fsp3) is 0.412. The molecule has 1 saturated carbocycles. The molecule has 0 spiro atoms. The first kappa shape index (κ1) is 14.6. The number of nitrogens with one attached hydrogen (secondary N) is 1. The van der Waals surface area contributed by atoms with E-state index in [-0.39, 0.29) is 17.6 Å². The Hall–Kier alpha value is -2.74. The van der Waals surface area contributed by atoms with Gasteiger partial charge in [0.15, 0.2) is 5.65 Å². The fourth-order valence-corrected chi connectivity index (χ4v) is 3.30. The molecule has 1 saturated heterocycles. The molecule has 2 fully saturated rings. The Morgan fingerprint density at radius 3 is 2.92 bits per heavy atom. The van der Waals surface area contributed by atoms with E-state index in [1.807, 2.05) is 34.9 Å². The van der Waals surface area contributed by atoms with Crippen molar-refractivity contribution in [3.05, 3.63) is 52.6 Å². The lowest BCUT2D eigenvalue weighted by molar-refractivity contribution is 0.182. The molecule has 2 unspecified atom stereocenters. The van der Waals surface area contributed by atoms with E-state index in [0.29, 0.717) is 25.1 Å². The number of fused-ring (bicyclic) bond motifs is 1. The zero-order chi connectivity index (χ0) is 16.8. The molecule has 128 valence electrons. The minimum Gasteiger partial charge on any atom is -0.377 e. The van der Waals surface area contributed by atoms with Crippen LogP contribution in [-0.2, 0) is 4.74 Å². The zero-order valence-corrected chi connectivity index (χ0v) is 13.6. The summed E-state index contributed by atoms with van der Waals surface area (Å²) in [6, 6.07) is 8.95. The lowest BCUT2D eigenvalue weighted by Gasteiger charge is -2.20. The first-order valence-corrected chi connectivity index (χ1v) is 8.53. The van der Waals surface area contributed by atoms with Gasteiger partial charge in [0.1, 0.15) is 6.04 Å². The largest absolute Gasteiger partial charge is 0.377 e. The highest BCUT2D eigenvalue weighted by Crippen LogP contribution is 2.38. The lowest BCUT2D eigenvalue weighted by atomic mass is 10.1. The number of rotatable bonds is 4. The number of hydrogen-bond donors (Lipinski definition) is 1. The Bertz CT molecular complexity index is 976. The van der Waals surface area contributed by atoms with Crippen molar-refractivity contribution in [3.8, 4) is 0 Å². The van der Waals surface area contributed by atoms with Crippen molar-refractivity contribution in [1.82, 2.24) is 24.4 Å². The van der Waals surface area contributed by atoms with Gasteiger partial charge in [-0.25, -0.2) is 4.68 Å². The van der Waals surface area contributed by atoms with Crippen LogP contribution in [0.25, 0.3) is 5.65 Å². The maximum atomic E-state index is 12.3. The molecule has 8 nitrogen and oxygen atoms in total. The van der Waals surface area contributed by atoms with Crippen LogP contribution < -0.4 is 10.9 Å². The third kappa shape index (κ3) is 2.58. The second-order valence-electron chi connectivity index (χ2n) is 6.62. The van der Waals surface area contributed by atoms with E-state index in [2.05, 4.69) is 20.6 Å². The van der Waals surface area contributed by atoms with Gasteiger partial charge in [0, 0.05) is 18.2 Å². The van der Waals surface area contributed by atoms with Crippen molar-refractivity contribution in [3.63, 3.8) is 0 Å². The van der Waals surface area contributed by atoms with Crippen LogP contribution in [-0.4, -0.2) is 43.6 Å². The molecule has 3 aromatic heterocycles.